The summed E-state index contributed by atoms with van der Waals surface area (Å²) in [5.41, 5.74) is 1.13. The molecule has 0 aliphatic heterocycles. The van der Waals surface area contributed by atoms with Gasteiger partial charge in [-0.1, -0.05) is 12.1 Å². The Hall–Kier alpha value is -1.51. The predicted molar refractivity (Wildman–Crippen MR) is 64.6 cm³/mol. The second-order valence-electron chi connectivity index (χ2n) is 3.67. The van der Waals surface area contributed by atoms with Crippen molar-refractivity contribution >= 4 is 5.91 Å². The summed E-state index contributed by atoms with van der Waals surface area (Å²) in [5, 5.41) is 0. The minimum Gasteiger partial charge on any atom is -0.484 e. The topological polar surface area (TPSA) is 29.5 Å². The van der Waals surface area contributed by atoms with Gasteiger partial charge in [-0.2, -0.15) is 0 Å². The fraction of sp³-hybridized carbons (Fsp3) is 0.462. The van der Waals surface area contributed by atoms with Gasteiger partial charge in [0.2, 0.25) is 0 Å². The molecule has 1 aromatic rings. The van der Waals surface area contributed by atoms with Crippen LogP contribution < -0.4 is 4.74 Å². The standard InChI is InChI=1S/C13H19NO2/c1-4-14(5-2)13(15)10-16-12-8-6-7-11(3)9-12/h6-9H,4-5,10H2,1-3H3. The molecule has 0 aromatic heterocycles. The number of carbonyl (C=O) groups excluding carboxylic acids is 1. The van der Waals surface area contributed by atoms with Crippen LogP contribution in [0.5, 0.6) is 5.75 Å². The lowest BCUT2D eigenvalue weighted by Crippen LogP contribution is -2.34. The average molecular weight is 221 g/mol. The Morgan fingerprint density at radius 3 is 2.56 bits per heavy atom. The van der Waals surface area contributed by atoms with Crippen LogP contribution >= 0.6 is 0 Å². The molecule has 0 radical (unpaired) electrons. The van der Waals surface area contributed by atoms with E-state index in [0.29, 0.717) is 0 Å². The van der Waals surface area contributed by atoms with Crippen LogP contribution in [-0.2, 0) is 4.79 Å². The Kier molecular flexibility index (Phi) is 4.83. The van der Waals surface area contributed by atoms with Gasteiger partial charge in [-0.15, -0.1) is 0 Å². The molecule has 0 N–H and O–H groups in total. The molecule has 0 unspecified atom stereocenters. The van der Waals surface area contributed by atoms with Crippen molar-refractivity contribution < 1.29 is 9.53 Å². The van der Waals surface area contributed by atoms with E-state index in [9.17, 15) is 4.79 Å². The largest absolute Gasteiger partial charge is 0.484 e. The fourth-order valence-electron chi connectivity index (χ4n) is 1.52. The van der Waals surface area contributed by atoms with Gasteiger partial charge >= 0.3 is 0 Å². The van der Waals surface area contributed by atoms with E-state index in [0.717, 1.165) is 24.4 Å². The van der Waals surface area contributed by atoms with Crippen LogP contribution in [0.2, 0.25) is 0 Å². The fourth-order valence-corrected chi connectivity index (χ4v) is 1.52. The van der Waals surface area contributed by atoms with E-state index in [4.69, 9.17) is 4.74 Å². The lowest BCUT2D eigenvalue weighted by atomic mass is 10.2. The van der Waals surface area contributed by atoms with Crippen LogP contribution in [0.1, 0.15) is 19.4 Å². The number of aryl methyl sites for hydroxylation is 1. The quantitative estimate of drug-likeness (QED) is 0.763. The number of hydrogen-bond donors (Lipinski definition) is 0. The number of carbonyl (C=O) groups is 1. The zero-order valence-electron chi connectivity index (χ0n) is 10.2. The van der Waals surface area contributed by atoms with Gasteiger partial charge in [0.05, 0.1) is 0 Å². The third-order valence-corrected chi connectivity index (χ3v) is 2.47. The van der Waals surface area contributed by atoms with E-state index < -0.39 is 0 Å². The molecule has 0 heterocycles. The summed E-state index contributed by atoms with van der Waals surface area (Å²) < 4.78 is 5.44. The molecular weight excluding hydrogens is 202 g/mol. The third-order valence-electron chi connectivity index (χ3n) is 2.47. The highest BCUT2D eigenvalue weighted by Gasteiger charge is 2.09. The molecule has 3 heteroatoms. The molecule has 1 aromatic carbocycles. The number of benzene rings is 1. The minimum atomic E-state index is 0.0338. The van der Waals surface area contributed by atoms with Crippen LogP contribution in [0.15, 0.2) is 24.3 Å². The molecular formula is C13H19NO2. The van der Waals surface area contributed by atoms with Crippen molar-refractivity contribution in [3.63, 3.8) is 0 Å². The van der Waals surface area contributed by atoms with Gasteiger partial charge in [0.15, 0.2) is 6.61 Å². The van der Waals surface area contributed by atoms with Crippen LogP contribution in [0.4, 0.5) is 0 Å². The smallest absolute Gasteiger partial charge is 0.260 e. The Labute approximate surface area is 97.0 Å². The minimum absolute atomic E-state index is 0.0338. The molecule has 16 heavy (non-hydrogen) atoms. The maximum absolute atomic E-state index is 11.7. The highest BCUT2D eigenvalue weighted by atomic mass is 16.5. The van der Waals surface area contributed by atoms with Crippen molar-refractivity contribution in [2.24, 2.45) is 0 Å². The maximum Gasteiger partial charge on any atom is 0.260 e. The van der Waals surface area contributed by atoms with Gasteiger partial charge in [0.25, 0.3) is 5.91 Å². The molecule has 0 saturated carbocycles. The lowest BCUT2D eigenvalue weighted by molar-refractivity contribution is -0.132. The van der Waals surface area contributed by atoms with E-state index >= 15 is 0 Å². The van der Waals surface area contributed by atoms with Crippen LogP contribution in [0.3, 0.4) is 0 Å². The Bertz CT molecular complexity index is 346. The van der Waals surface area contributed by atoms with E-state index in [2.05, 4.69) is 0 Å². The normalized spacial score (nSPS) is 9.94. The summed E-state index contributed by atoms with van der Waals surface area (Å²) in [4.78, 5) is 13.4. The van der Waals surface area contributed by atoms with Crippen molar-refractivity contribution in [3.8, 4) is 5.75 Å². The number of likely N-dealkylation sites (N-methyl/N-ethyl adjacent to an activating group) is 1. The lowest BCUT2D eigenvalue weighted by Gasteiger charge is -2.18. The third kappa shape index (κ3) is 3.57. The number of rotatable bonds is 5. The molecule has 0 fully saturated rings. The highest BCUT2D eigenvalue weighted by Crippen LogP contribution is 2.12. The van der Waals surface area contributed by atoms with Gasteiger partial charge in [-0.25, -0.2) is 0 Å². The molecule has 1 rings (SSSR count). The van der Waals surface area contributed by atoms with Crippen molar-refractivity contribution in [1.82, 2.24) is 4.90 Å². The van der Waals surface area contributed by atoms with E-state index in [1.165, 1.54) is 0 Å². The Balaban J connectivity index is 2.48. The monoisotopic (exact) mass is 221 g/mol. The molecule has 3 nitrogen and oxygen atoms in total. The number of nitrogens with zero attached hydrogens (tertiary/aromatic N) is 1. The number of ether oxygens (including phenoxy) is 1. The van der Waals surface area contributed by atoms with Gasteiger partial charge in [0, 0.05) is 13.1 Å². The summed E-state index contributed by atoms with van der Waals surface area (Å²) in [6.07, 6.45) is 0. The molecule has 1 amide bonds. The highest BCUT2D eigenvalue weighted by molar-refractivity contribution is 5.77. The summed E-state index contributed by atoms with van der Waals surface area (Å²) >= 11 is 0. The van der Waals surface area contributed by atoms with Crippen molar-refractivity contribution in [2.45, 2.75) is 20.8 Å². The van der Waals surface area contributed by atoms with Crippen LogP contribution in [0, 0.1) is 6.92 Å². The van der Waals surface area contributed by atoms with E-state index in [1.807, 2.05) is 45.0 Å². The van der Waals surface area contributed by atoms with Crippen molar-refractivity contribution in [1.29, 1.82) is 0 Å². The van der Waals surface area contributed by atoms with Crippen LogP contribution in [0.25, 0.3) is 0 Å². The van der Waals surface area contributed by atoms with Crippen molar-refractivity contribution in [3.05, 3.63) is 29.8 Å². The summed E-state index contributed by atoms with van der Waals surface area (Å²) in [5.74, 6) is 0.784. The first-order chi connectivity index (χ1) is 7.67. The first kappa shape index (κ1) is 12.6. The average Bonchev–Trinajstić information content (AvgIpc) is 2.28. The molecule has 88 valence electrons. The number of amides is 1. The summed E-state index contributed by atoms with van der Waals surface area (Å²) in [6, 6.07) is 7.71. The predicted octanol–water partition coefficient (Wildman–Crippen LogP) is 2.24. The van der Waals surface area contributed by atoms with Gasteiger partial charge in [0.1, 0.15) is 5.75 Å². The zero-order valence-corrected chi connectivity index (χ0v) is 10.2. The summed E-state index contributed by atoms with van der Waals surface area (Å²) in [7, 11) is 0. The molecule has 0 atom stereocenters. The zero-order chi connectivity index (χ0) is 12.0. The van der Waals surface area contributed by atoms with Crippen molar-refractivity contribution in [2.75, 3.05) is 19.7 Å². The second-order valence-corrected chi connectivity index (χ2v) is 3.67. The number of hydrogen-bond acceptors (Lipinski definition) is 2. The Morgan fingerprint density at radius 1 is 1.31 bits per heavy atom. The summed E-state index contributed by atoms with van der Waals surface area (Å²) in [6.45, 7) is 7.51. The molecule has 0 saturated heterocycles. The maximum atomic E-state index is 11.7. The molecule has 0 spiro atoms. The first-order valence-corrected chi connectivity index (χ1v) is 5.64. The van der Waals surface area contributed by atoms with Gasteiger partial charge < -0.3 is 9.64 Å². The van der Waals surface area contributed by atoms with E-state index in [-0.39, 0.29) is 12.5 Å². The molecule has 0 aliphatic carbocycles. The second kappa shape index (κ2) is 6.16. The first-order valence-electron chi connectivity index (χ1n) is 5.64. The molecule has 0 bridgehead atoms. The van der Waals surface area contributed by atoms with Crippen LogP contribution in [-0.4, -0.2) is 30.5 Å². The molecule has 0 aliphatic rings. The Morgan fingerprint density at radius 2 is 2.00 bits per heavy atom. The SMILES string of the molecule is CCN(CC)C(=O)COc1cccc(C)c1. The van der Waals surface area contributed by atoms with Gasteiger partial charge in [-0.3, -0.25) is 4.79 Å². The van der Waals surface area contributed by atoms with E-state index in [1.54, 1.807) is 4.90 Å². The van der Waals surface area contributed by atoms with Gasteiger partial charge in [-0.05, 0) is 38.5 Å².